The topological polar surface area (TPSA) is 44.2 Å². The highest BCUT2D eigenvalue weighted by atomic mass is 35.5. The summed E-state index contributed by atoms with van der Waals surface area (Å²) in [6.07, 6.45) is 3.39. The first-order valence-corrected chi connectivity index (χ1v) is 7.47. The Morgan fingerprint density at radius 2 is 1.96 bits per heavy atom. The van der Waals surface area contributed by atoms with E-state index >= 15 is 0 Å². The van der Waals surface area contributed by atoms with Gasteiger partial charge in [-0.1, -0.05) is 29.8 Å². The minimum Gasteiger partial charge on any atom is -0.487 e. The lowest BCUT2D eigenvalue weighted by Gasteiger charge is -2.10. The fraction of sp³-hybridized carbons (Fsp3) is 0.111. The molecule has 0 aliphatic heterocycles. The zero-order valence-corrected chi connectivity index (χ0v) is 13.3. The monoisotopic (exact) mass is 326 g/mol. The second kappa shape index (κ2) is 7.11. The second-order valence-corrected chi connectivity index (χ2v) is 5.28. The van der Waals surface area contributed by atoms with Gasteiger partial charge >= 0.3 is 0 Å². The molecule has 3 aromatic rings. The lowest BCUT2D eigenvalue weighted by molar-refractivity contribution is 0.303. The van der Waals surface area contributed by atoms with Crippen molar-refractivity contribution in [3.05, 3.63) is 71.5 Å². The molecule has 0 aliphatic rings. The lowest BCUT2D eigenvalue weighted by Crippen LogP contribution is -2.00. The van der Waals surface area contributed by atoms with Crippen molar-refractivity contribution in [3.63, 3.8) is 0 Å². The third-order valence-corrected chi connectivity index (χ3v) is 3.54. The van der Waals surface area contributed by atoms with E-state index in [2.05, 4.69) is 9.97 Å². The van der Waals surface area contributed by atoms with Gasteiger partial charge in [0.15, 0.2) is 0 Å². The number of halogens is 1. The summed E-state index contributed by atoms with van der Waals surface area (Å²) in [4.78, 5) is 8.58. The third-order valence-electron chi connectivity index (χ3n) is 3.30. The number of aromatic nitrogens is 2. The van der Waals surface area contributed by atoms with Crippen LogP contribution < -0.4 is 9.47 Å². The molecule has 1 aromatic carbocycles. The number of hydrogen-bond donors (Lipinski definition) is 0. The highest BCUT2D eigenvalue weighted by Crippen LogP contribution is 2.25. The maximum absolute atomic E-state index is 6.07. The van der Waals surface area contributed by atoms with E-state index in [0.717, 1.165) is 16.8 Å². The maximum atomic E-state index is 6.07. The Bertz CT molecular complexity index is 791. The molecule has 4 nitrogen and oxygen atoms in total. The van der Waals surface area contributed by atoms with Crippen LogP contribution in [-0.2, 0) is 6.61 Å². The van der Waals surface area contributed by atoms with Crippen molar-refractivity contribution in [3.8, 4) is 22.9 Å². The molecular formula is C18H15ClN2O2. The van der Waals surface area contributed by atoms with E-state index in [0.29, 0.717) is 23.3 Å². The molecule has 0 atom stereocenters. The molecule has 23 heavy (non-hydrogen) atoms. The molecule has 116 valence electrons. The van der Waals surface area contributed by atoms with Gasteiger partial charge in [0, 0.05) is 28.4 Å². The van der Waals surface area contributed by atoms with E-state index in [-0.39, 0.29) is 0 Å². The average molecular weight is 327 g/mol. The molecule has 0 spiro atoms. The molecule has 2 aromatic heterocycles. The van der Waals surface area contributed by atoms with Gasteiger partial charge in [-0.3, -0.25) is 4.98 Å². The van der Waals surface area contributed by atoms with Gasteiger partial charge in [0.2, 0.25) is 5.88 Å². The standard InChI is InChI=1S/C18H15ClN2O2/c1-22-17-8-7-16(11-21-17)23-12-14-5-3-9-20-18(14)13-4-2-6-15(19)10-13/h2-11H,12H2,1H3. The quantitative estimate of drug-likeness (QED) is 0.697. The van der Waals surface area contributed by atoms with E-state index in [1.807, 2.05) is 42.5 Å². The predicted octanol–water partition coefficient (Wildman–Crippen LogP) is 4.38. The molecule has 0 bridgehead atoms. The highest BCUT2D eigenvalue weighted by molar-refractivity contribution is 6.30. The molecule has 3 rings (SSSR count). The molecule has 0 N–H and O–H groups in total. The zero-order chi connectivity index (χ0) is 16.1. The molecule has 0 saturated carbocycles. The van der Waals surface area contributed by atoms with Crippen LogP contribution in [0.4, 0.5) is 0 Å². The van der Waals surface area contributed by atoms with Crippen LogP contribution in [0.5, 0.6) is 11.6 Å². The Hall–Kier alpha value is -2.59. The van der Waals surface area contributed by atoms with Gasteiger partial charge in [0.05, 0.1) is 19.0 Å². The van der Waals surface area contributed by atoms with Crippen LogP contribution >= 0.6 is 11.6 Å². The summed E-state index contributed by atoms with van der Waals surface area (Å²) in [6, 6.07) is 15.1. The summed E-state index contributed by atoms with van der Waals surface area (Å²) in [5.41, 5.74) is 2.80. The van der Waals surface area contributed by atoms with Crippen molar-refractivity contribution in [2.75, 3.05) is 7.11 Å². The number of methoxy groups -OCH3 is 1. The van der Waals surface area contributed by atoms with Crippen molar-refractivity contribution in [2.24, 2.45) is 0 Å². The SMILES string of the molecule is COc1ccc(OCc2cccnc2-c2cccc(Cl)c2)cn1. The summed E-state index contributed by atoms with van der Waals surface area (Å²) in [5, 5.41) is 0.680. The van der Waals surface area contributed by atoms with Crippen LogP contribution in [0.15, 0.2) is 60.9 Å². The first-order valence-electron chi connectivity index (χ1n) is 7.09. The van der Waals surface area contributed by atoms with Crippen molar-refractivity contribution in [1.82, 2.24) is 9.97 Å². The Morgan fingerprint density at radius 3 is 2.70 bits per heavy atom. The normalized spacial score (nSPS) is 10.3. The zero-order valence-electron chi connectivity index (χ0n) is 12.6. The van der Waals surface area contributed by atoms with E-state index < -0.39 is 0 Å². The lowest BCUT2D eigenvalue weighted by atomic mass is 10.1. The van der Waals surface area contributed by atoms with Gasteiger partial charge in [0.25, 0.3) is 0 Å². The fourth-order valence-corrected chi connectivity index (χ4v) is 2.38. The fourth-order valence-electron chi connectivity index (χ4n) is 2.18. The van der Waals surface area contributed by atoms with Gasteiger partial charge in [-0.25, -0.2) is 4.98 Å². The second-order valence-electron chi connectivity index (χ2n) is 4.85. The number of benzene rings is 1. The number of hydrogen-bond acceptors (Lipinski definition) is 4. The first kappa shape index (κ1) is 15.3. The van der Waals surface area contributed by atoms with Crippen LogP contribution in [0.1, 0.15) is 5.56 Å². The number of rotatable bonds is 5. The Balaban J connectivity index is 1.80. The molecule has 2 heterocycles. The minimum atomic E-state index is 0.393. The summed E-state index contributed by atoms with van der Waals surface area (Å²) < 4.78 is 10.8. The summed E-state index contributed by atoms with van der Waals surface area (Å²) in [5.74, 6) is 1.23. The van der Waals surface area contributed by atoms with E-state index in [1.165, 1.54) is 0 Å². The minimum absolute atomic E-state index is 0.393. The number of nitrogens with zero attached hydrogens (tertiary/aromatic N) is 2. The third kappa shape index (κ3) is 3.79. The van der Waals surface area contributed by atoms with Gasteiger partial charge in [-0.15, -0.1) is 0 Å². The van der Waals surface area contributed by atoms with Crippen molar-refractivity contribution >= 4 is 11.6 Å². The molecule has 0 aliphatic carbocycles. The molecule has 0 saturated heterocycles. The Labute approximate surface area is 139 Å². The van der Waals surface area contributed by atoms with Crippen LogP contribution in [0.2, 0.25) is 5.02 Å². The molecular weight excluding hydrogens is 312 g/mol. The summed E-state index contributed by atoms with van der Waals surface area (Å²) >= 11 is 6.07. The van der Waals surface area contributed by atoms with Crippen LogP contribution in [0.25, 0.3) is 11.3 Å². The maximum Gasteiger partial charge on any atom is 0.213 e. The largest absolute Gasteiger partial charge is 0.487 e. The molecule has 0 fully saturated rings. The predicted molar refractivity (Wildman–Crippen MR) is 89.8 cm³/mol. The number of pyridine rings is 2. The van der Waals surface area contributed by atoms with Crippen LogP contribution in [0.3, 0.4) is 0 Å². The summed E-state index contributed by atoms with van der Waals surface area (Å²) in [6.45, 7) is 0.393. The van der Waals surface area contributed by atoms with Gasteiger partial charge < -0.3 is 9.47 Å². The molecule has 0 radical (unpaired) electrons. The van der Waals surface area contributed by atoms with Gasteiger partial charge in [-0.05, 0) is 24.3 Å². The Morgan fingerprint density at radius 1 is 1.04 bits per heavy atom. The molecule has 5 heteroatoms. The van der Waals surface area contributed by atoms with E-state index in [9.17, 15) is 0 Å². The molecule has 0 amide bonds. The van der Waals surface area contributed by atoms with Gasteiger partial charge in [0.1, 0.15) is 12.4 Å². The van der Waals surface area contributed by atoms with Crippen molar-refractivity contribution in [1.29, 1.82) is 0 Å². The van der Waals surface area contributed by atoms with Crippen LogP contribution in [-0.4, -0.2) is 17.1 Å². The Kier molecular flexibility index (Phi) is 4.74. The van der Waals surface area contributed by atoms with Crippen LogP contribution in [0, 0.1) is 0 Å². The van der Waals surface area contributed by atoms with E-state index in [1.54, 1.807) is 25.6 Å². The highest BCUT2D eigenvalue weighted by Gasteiger charge is 2.08. The van der Waals surface area contributed by atoms with Crippen molar-refractivity contribution in [2.45, 2.75) is 6.61 Å². The van der Waals surface area contributed by atoms with Gasteiger partial charge in [-0.2, -0.15) is 0 Å². The van der Waals surface area contributed by atoms with E-state index in [4.69, 9.17) is 21.1 Å². The smallest absolute Gasteiger partial charge is 0.213 e. The summed E-state index contributed by atoms with van der Waals surface area (Å²) in [7, 11) is 1.58. The first-order chi connectivity index (χ1) is 11.3. The van der Waals surface area contributed by atoms with Crippen molar-refractivity contribution < 1.29 is 9.47 Å². The number of ether oxygens (including phenoxy) is 2. The average Bonchev–Trinajstić information content (AvgIpc) is 2.60. The molecule has 0 unspecified atom stereocenters.